The van der Waals surface area contributed by atoms with Crippen LogP contribution in [0.1, 0.15) is 26.7 Å². The Morgan fingerprint density at radius 2 is 1.45 bits per heavy atom. The van der Waals surface area contributed by atoms with Crippen molar-refractivity contribution in [3.63, 3.8) is 0 Å². The molecule has 31 heavy (non-hydrogen) atoms. The number of nitrogens with two attached hydrogens (primary N) is 1. The van der Waals surface area contributed by atoms with Gasteiger partial charge in [-0.25, -0.2) is 5.90 Å². The molecule has 0 saturated carbocycles. The molecule has 0 saturated heterocycles. The summed E-state index contributed by atoms with van der Waals surface area (Å²) in [6.45, 7) is 8.64. The van der Waals surface area contributed by atoms with E-state index in [2.05, 4.69) is 15.5 Å². The summed E-state index contributed by atoms with van der Waals surface area (Å²) < 4.78 is 20.5. The highest BCUT2D eigenvalue weighted by Gasteiger charge is 2.22. The van der Waals surface area contributed by atoms with E-state index in [-0.39, 0.29) is 16.6 Å². The number of carbonyl (C=O) groups is 2. The van der Waals surface area contributed by atoms with Crippen LogP contribution < -0.4 is 16.5 Å². The van der Waals surface area contributed by atoms with Crippen molar-refractivity contribution in [3.8, 4) is 0 Å². The Kier molecular flexibility index (Phi) is 20.8. The predicted molar refractivity (Wildman–Crippen MR) is 124 cm³/mol. The first-order valence-corrected chi connectivity index (χ1v) is 12.6. The summed E-state index contributed by atoms with van der Waals surface area (Å²) in [5, 5.41) is 5.70. The summed E-state index contributed by atoms with van der Waals surface area (Å²) in [5.74, 6) is 5.59. The number of methoxy groups -OCH3 is 1. The molecule has 0 aliphatic rings. The molecule has 0 rings (SSSR count). The minimum atomic E-state index is -0.216. The molecule has 0 aromatic rings. The smallest absolute Gasteiger partial charge is 0.222 e. The van der Waals surface area contributed by atoms with Gasteiger partial charge in [0.15, 0.2) is 0 Å². The Hall–Kier alpha value is -0.600. The van der Waals surface area contributed by atoms with Crippen LogP contribution in [-0.2, 0) is 33.4 Å². The van der Waals surface area contributed by atoms with Crippen molar-refractivity contribution in [1.82, 2.24) is 10.6 Å². The number of ether oxygens (including phenoxy) is 4. The van der Waals surface area contributed by atoms with Crippen LogP contribution in [0.3, 0.4) is 0 Å². The molecule has 2 amide bonds. The van der Waals surface area contributed by atoms with E-state index in [1.54, 1.807) is 28.7 Å². The lowest BCUT2D eigenvalue weighted by molar-refractivity contribution is -0.122. The molecule has 0 heterocycles. The van der Waals surface area contributed by atoms with Crippen molar-refractivity contribution in [1.29, 1.82) is 0 Å². The van der Waals surface area contributed by atoms with Gasteiger partial charge in [-0.2, -0.15) is 0 Å². The number of rotatable bonds is 22. The monoisotopic (exact) mass is 485 g/mol. The van der Waals surface area contributed by atoms with E-state index in [4.69, 9.17) is 24.8 Å². The highest BCUT2D eigenvalue weighted by atomic mass is 33.1. The molecule has 4 N–H and O–H groups in total. The van der Waals surface area contributed by atoms with Crippen molar-refractivity contribution < 1.29 is 33.4 Å². The van der Waals surface area contributed by atoms with Gasteiger partial charge in [-0.05, 0) is 13.8 Å². The molecule has 10 nitrogen and oxygen atoms in total. The van der Waals surface area contributed by atoms with Crippen molar-refractivity contribution >= 4 is 33.4 Å². The molecular formula is C19H39N3O7S2. The van der Waals surface area contributed by atoms with E-state index >= 15 is 0 Å². The topological polar surface area (TPSA) is 130 Å². The van der Waals surface area contributed by atoms with E-state index in [9.17, 15) is 9.59 Å². The molecule has 0 aliphatic heterocycles. The zero-order chi connectivity index (χ0) is 23.2. The minimum Gasteiger partial charge on any atom is -0.382 e. The standard InChI is InChI=1S/C19H39N3O7S2/c1-19(2,16-18(24)21-5-8-27-13-14-29-20)31-30-15-6-22-17(23)4-7-26-11-12-28-10-9-25-3/h4-16,20H2,1-3H3,(H,21,24)(H,22,23). The first-order valence-electron chi connectivity index (χ1n) is 10.3. The fraction of sp³-hybridized carbons (Fsp3) is 0.895. The van der Waals surface area contributed by atoms with Crippen molar-refractivity contribution in [2.24, 2.45) is 5.90 Å². The summed E-state index contributed by atoms with van der Waals surface area (Å²) in [6.07, 6.45) is 0.722. The first kappa shape index (κ1) is 30.4. The fourth-order valence-electron chi connectivity index (χ4n) is 2.10. The molecule has 0 bridgehead atoms. The zero-order valence-corrected chi connectivity index (χ0v) is 20.6. The molecule has 0 aromatic carbocycles. The summed E-state index contributed by atoms with van der Waals surface area (Å²) in [5.41, 5.74) is 0. The van der Waals surface area contributed by atoms with Crippen LogP contribution in [0.15, 0.2) is 0 Å². The van der Waals surface area contributed by atoms with Crippen molar-refractivity contribution in [2.75, 3.05) is 78.8 Å². The average molecular weight is 486 g/mol. The van der Waals surface area contributed by atoms with Crippen LogP contribution in [0, 0.1) is 0 Å². The SMILES string of the molecule is COCCOCCOCCC(=O)NCCSSC(C)(C)CC(=O)NCCOCCON. The maximum Gasteiger partial charge on any atom is 0.222 e. The quantitative estimate of drug-likeness (QED) is 0.115. The van der Waals surface area contributed by atoms with E-state index < -0.39 is 0 Å². The number of carbonyl (C=O) groups excluding carboxylic acids is 2. The van der Waals surface area contributed by atoms with Gasteiger partial charge in [0.25, 0.3) is 0 Å². The molecular weight excluding hydrogens is 446 g/mol. The maximum absolute atomic E-state index is 12.0. The van der Waals surface area contributed by atoms with Crippen LogP contribution in [0.25, 0.3) is 0 Å². The second kappa shape index (κ2) is 21.3. The number of hydrogen-bond donors (Lipinski definition) is 3. The van der Waals surface area contributed by atoms with E-state index in [0.29, 0.717) is 78.8 Å². The lowest BCUT2D eigenvalue weighted by atomic mass is 10.1. The van der Waals surface area contributed by atoms with Gasteiger partial charge in [-0.3, -0.25) is 9.59 Å². The molecule has 0 unspecified atom stereocenters. The van der Waals surface area contributed by atoms with Gasteiger partial charge in [0.2, 0.25) is 11.8 Å². The van der Waals surface area contributed by atoms with E-state index in [0.717, 1.165) is 5.75 Å². The van der Waals surface area contributed by atoms with Crippen LogP contribution in [0.2, 0.25) is 0 Å². The lowest BCUT2D eigenvalue weighted by Gasteiger charge is -2.22. The summed E-state index contributed by atoms with van der Waals surface area (Å²) in [7, 11) is 4.90. The third-order valence-electron chi connectivity index (χ3n) is 3.57. The fourth-order valence-corrected chi connectivity index (χ4v) is 4.51. The third kappa shape index (κ3) is 22.4. The highest BCUT2D eigenvalue weighted by Crippen LogP contribution is 2.37. The van der Waals surface area contributed by atoms with E-state index in [1.807, 2.05) is 13.8 Å². The third-order valence-corrected chi connectivity index (χ3v) is 6.86. The molecule has 0 fully saturated rings. The number of amides is 2. The van der Waals surface area contributed by atoms with Gasteiger partial charge in [0, 0.05) is 43.5 Å². The molecule has 12 heteroatoms. The Morgan fingerprint density at radius 1 is 0.839 bits per heavy atom. The number of hydrogen-bond acceptors (Lipinski definition) is 10. The molecule has 0 radical (unpaired) electrons. The summed E-state index contributed by atoms with van der Waals surface area (Å²) in [4.78, 5) is 28.2. The van der Waals surface area contributed by atoms with Crippen LogP contribution in [0.4, 0.5) is 0 Å². The largest absolute Gasteiger partial charge is 0.382 e. The molecule has 0 spiro atoms. The Labute approximate surface area is 193 Å². The summed E-state index contributed by atoms with van der Waals surface area (Å²) in [6, 6.07) is 0. The van der Waals surface area contributed by atoms with Crippen LogP contribution >= 0.6 is 21.6 Å². The second-order valence-corrected chi connectivity index (χ2v) is 10.1. The Bertz CT molecular complexity index is 460. The van der Waals surface area contributed by atoms with Gasteiger partial charge in [0.1, 0.15) is 0 Å². The number of nitrogens with one attached hydrogen (secondary N) is 2. The minimum absolute atomic E-state index is 0.0193. The van der Waals surface area contributed by atoms with Crippen LogP contribution in [0.5, 0.6) is 0 Å². The van der Waals surface area contributed by atoms with Gasteiger partial charge in [-0.1, -0.05) is 21.6 Å². The van der Waals surface area contributed by atoms with Gasteiger partial charge < -0.3 is 34.4 Å². The van der Waals surface area contributed by atoms with Gasteiger partial charge in [-0.15, -0.1) is 0 Å². The van der Waals surface area contributed by atoms with E-state index in [1.165, 1.54) is 0 Å². The normalized spacial score (nSPS) is 11.5. The van der Waals surface area contributed by atoms with Gasteiger partial charge in [0.05, 0.1) is 52.9 Å². The van der Waals surface area contributed by atoms with Crippen LogP contribution in [-0.4, -0.2) is 95.4 Å². The van der Waals surface area contributed by atoms with Crippen molar-refractivity contribution in [2.45, 2.75) is 31.4 Å². The summed E-state index contributed by atoms with van der Waals surface area (Å²) >= 11 is 0. The Balaban J connectivity index is 3.59. The van der Waals surface area contributed by atoms with Gasteiger partial charge >= 0.3 is 0 Å². The highest BCUT2D eigenvalue weighted by molar-refractivity contribution is 8.77. The predicted octanol–water partition coefficient (Wildman–Crippen LogP) is 0.746. The second-order valence-electron chi connectivity index (χ2n) is 6.99. The Morgan fingerprint density at radius 3 is 2.16 bits per heavy atom. The molecule has 0 atom stereocenters. The maximum atomic E-state index is 12.0. The van der Waals surface area contributed by atoms with Crippen molar-refractivity contribution in [3.05, 3.63) is 0 Å². The zero-order valence-electron chi connectivity index (χ0n) is 18.9. The molecule has 0 aromatic heterocycles. The first-order chi connectivity index (χ1) is 14.9. The molecule has 184 valence electrons. The molecule has 0 aliphatic carbocycles. The average Bonchev–Trinajstić information content (AvgIpc) is 2.71. The lowest BCUT2D eigenvalue weighted by Crippen LogP contribution is -2.32.